The highest BCUT2D eigenvalue weighted by Crippen LogP contribution is 2.11. The summed E-state index contributed by atoms with van der Waals surface area (Å²) in [5.74, 6) is 0. The maximum absolute atomic E-state index is 5.63. The van der Waals surface area contributed by atoms with Crippen molar-refractivity contribution in [1.82, 2.24) is 9.78 Å². The molecule has 3 nitrogen and oxygen atoms in total. The van der Waals surface area contributed by atoms with Crippen LogP contribution in [0.4, 0.5) is 0 Å². The summed E-state index contributed by atoms with van der Waals surface area (Å²) in [4.78, 5) is 0. The van der Waals surface area contributed by atoms with Gasteiger partial charge in [-0.2, -0.15) is 5.10 Å². The van der Waals surface area contributed by atoms with Crippen molar-refractivity contribution in [3.05, 3.63) is 52.3 Å². The zero-order valence-corrected chi connectivity index (χ0v) is 12.1. The molecule has 4 heteroatoms. The van der Waals surface area contributed by atoms with E-state index in [0.717, 1.165) is 29.9 Å². The summed E-state index contributed by atoms with van der Waals surface area (Å²) in [6.45, 7) is 4.30. The lowest BCUT2D eigenvalue weighted by molar-refractivity contribution is 0.115. The first-order chi connectivity index (χ1) is 8.75. The van der Waals surface area contributed by atoms with E-state index in [-0.39, 0.29) is 0 Å². The minimum atomic E-state index is 0.681. The molecule has 2 rings (SSSR count). The lowest BCUT2D eigenvalue weighted by Gasteiger charge is -2.05. The van der Waals surface area contributed by atoms with E-state index in [1.165, 1.54) is 5.56 Å². The standard InChI is InChI=1S/C14H17BrN2O/c1-12-10-14(15)17(16-12)8-5-9-18-11-13-6-3-2-4-7-13/h2-4,6-7,10H,5,8-9,11H2,1H3. The number of aryl methyl sites for hydroxylation is 2. The van der Waals surface area contributed by atoms with E-state index >= 15 is 0 Å². The van der Waals surface area contributed by atoms with Crippen molar-refractivity contribution in [2.24, 2.45) is 0 Å². The summed E-state index contributed by atoms with van der Waals surface area (Å²) in [7, 11) is 0. The van der Waals surface area contributed by atoms with Crippen LogP contribution in [0.1, 0.15) is 17.7 Å². The molecule has 1 aromatic heterocycles. The van der Waals surface area contributed by atoms with Crippen molar-refractivity contribution in [2.45, 2.75) is 26.5 Å². The second kappa shape index (κ2) is 6.71. The van der Waals surface area contributed by atoms with Crippen molar-refractivity contribution < 1.29 is 4.74 Å². The Bertz CT molecular complexity index is 482. The molecule has 0 aliphatic rings. The average molecular weight is 309 g/mol. The van der Waals surface area contributed by atoms with Gasteiger partial charge in [0, 0.05) is 13.2 Å². The normalized spacial score (nSPS) is 10.8. The molecule has 0 saturated carbocycles. The molecule has 0 radical (unpaired) electrons. The highest BCUT2D eigenvalue weighted by atomic mass is 79.9. The molecule has 0 amide bonds. The fourth-order valence-corrected chi connectivity index (χ4v) is 2.34. The Labute approximate surface area is 116 Å². The number of hydrogen-bond acceptors (Lipinski definition) is 2. The number of halogens is 1. The van der Waals surface area contributed by atoms with Crippen molar-refractivity contribution in [3.8, 4) is 0 Å². The summed E-state index contributed by atoms with van der Waals surface area (Å²) in [5.41, 5.74) is 2.25. The largest absolute Gasteiger partial charge is 0.377 e. The third-order valence-corrected chi connectivity index (χ3v) is 3.26. The van der Waals surface area contributed by atoms with Crippen LogP contribution < -0.4 is 0 Å². The van der Waals surface area contributed by atoms with Crippen LogP contribution >= 0.6 is 15.9 Å². The fourth-order valence-electron chi connectivity index (χ4n) is 1.75. The van der Waals surface area contributed by atoms with Crippen LogP contribution in [0.3, 0.4) is 0 Å². The van der Waals surface area contributed by atoms with Crippen LogP contribution in [0.5, 0.6) is 0 Å². The number of ether oxygens (including phenoxy) is 1. The minimum absolute atomic E-state index is 0.681. The maximum Gasteiger partial charge on any atom is 0.104 e. The third kappa shape index (κ3) is 3.96. The first-order valence-electron chi connectivity index (χ1n) is 6.07. The summed E-state index contributed by atoms with van der Waals surface area (Å²) in [6, 6.07) is 12.2. The SMILES string of the molecule is Cc1cc(Br)n(CCCOCc2ccccc2)n1. The number of nitrogens with zero attached hydrogens (tertiary/aromatic N) is 2. The second-order valence-electron chi connectivity index (χ2n) is 4.22. The van der Waals surface area contributed by atoms with Gasteiger partial charge >= 0.3 is 0 Å². The van der Waals surface area contributed by atoms with E-state index in [0.29, 0.717) is 6.61 Å². The molecule has 0 unspecified atom stereocenters. The lowest BCUT2D eigenvalue weighted by atomic mass is 10.2. The van der Waals surface area contributed by atoms with E-state index in [9.17, 15) is 0 Å². The zero-order valence-electron chi connectivity index (χ0n) is 10.5. The van der Waals surface area contributed by atoms with Crippen molar-refractivity contribution in [2.75, 3.05) is 6.61 Å². The number of benzene rings is 1. The van der Waals surface area contributed by atoms with Gasteiger partial charge in [-0.25, -0.2) is 0 Å². The Hall–Kier alpha value is -1.13. The van der Waals surface area contributed by atoms with Crippen LogP contribution in [0, 0.1) is 6.92 Å². The highest BCUT2D eigenvalue weighted by molar-refractivity contribution is 9.10. The molecule has 0 fully saturated rings. The molecule has 18 heavy (non-hydrogen) atoms. The summed E-state index contributed by atoms with van der Waals surface area (Å²) < 4.78 is 8.62. The molecule has 0 aliphatic heterocycles. The van der Waals surface area contributed by atoms with Gasteiger partial charge in [-0.05, 0) is 40.9 Å². The molecule has 0 atom stereocenters. The predicted molar refractivity (Wildman–Crippen MR) is 75.4 cm³/mol. The average Bonchev–Trinajstić information content (AvgIpc) is 2.69. The fraction of sp³-hybridized carbons (Fsp3) is 0.357. The van der Waals surface area contributed by atoms with Gasteiger partial charge in [0.25, 0.3) is 0 Å². The van der Waals surface area contributed by atoms with Crippen molar-refractivity contribution >= 4 is 15.9 Å². The molecule has 0 aliphatic carbocycles. The molecular formula is C14H17BrN2O. The van der Waals surface area contributed by atoms with Crippen LogP contribution in [0.2, 0.25) is 0 Å². The monoisotopic (exact) mass is 308 g/mol. The van der Waals surface area contributed by atoms with Crippen molar-refractivity contribution in [1.29, 1.82) is 0 Å². The van der Waals surface area contributed by atoms with Gasteiger partial charge in [0.15, 0.2) is 0 Å². The quantitative estimate of drug-likeness (QED) is 0.763. The first kappa shape index (κ1) is 13.3. The van der Waals surface area contributed by atoms with Gasteiger partial charge in [-0.3, -0.25) is 4.68 Å². The minimum Gasteiger partial charge on any atom is -0.377 e. The van der Waals surface area contributed by atoms with Gasteiger partial charge in [0.1, 0.15) is 4.60 Å². The Balaban J connectivity index is 1.66. The molecular weight excluding hydrogens is 292 g/mol. The second-order valence-corrected chi connectivity index (χ2v) is 5.04. The number of aromatic nitrogens is 2. The van der Waals surface area contributed by atoms with Gasteiger partial charge in [-0.15, -0.1) is 0 Å². The molecule has 1 heterocycles. The first-order valence-corrected chi connectivity index (χ1v) is 6.86. The smallest absolute Gasteiger partial charge is 0.104 e. The van der Waals surface area contributed by atoms with E-state index in [1.54, 1.807) is 0 Å². The lowest BCUT2D eigenvalue weighted by Crippen LogP contribution is -2.04. The summed E-state index contributed by atoms with van der Waals surface area (Å²) >= 11 is 3.48. The van der Waals surface area contributed by atoms with E-state index < -0.39 is 0 Å². The molecule has 1 aromatic carbocycles. The van der Waals surface area contributed by atoms with Gasteiger partial charge in [0.05, 0.1) is 12.3 Å². The number of rotatable bonds is 6. The Morgan fingerprint density at radius 1 is 1.28 bits per heavy atom. The van der Waals surface area contributed by atoms with Crippen LogP contribution in [0.15, 0.2) is 41.0 Å². The molecule has 0 bridgehead atoms. The Morgan fingerprint density at radius 3 is 2.72 bits per heavy atom. The predicted octanol–water partition coefficient (Wildman–Crippen LogP) is 3.56. The maximum atomic E-state index is 5.63. The number of hydrogen-bond donors (Lipinski definition) is 0. The summed E-state index contributed by atoms with van der Waals surface area (Å²) in [5, 5.41) is 4.38. The summed E-state index contributed by atoms with van der Waals surface area (Å²) in [6.07, 6.45) is 0.965. The third-order valence-electron chi connectivity index (χ3n) is 2.62. The van der Waals surface area contributed by atoms with Gasteiger partial charge in [0.2, 0.25) is 0 Å². The van der Waals surface area contributed by atoms with Crippen molar-refractivity contribution in [3.63, 3.8) is 0 Å². The molecule has 0 saturated heterocycles. The topological polar surface area (TPSA) is 27.1 Å². The van der Waals surface area contributed by atoms with Gasteiger partial charge < -0.3 is 4.74 Å². The van der Waals surface area contributed by atoms with E-state index in [1.807, 2.05) is 35.9 Å². The molecule has 0 N–H and O–H groups in total. The molecule has 96 valence electrons. The van der Waals surface area contributed by atoms with Crippen LogP contribution in [0.25, 0.3) is 0 Å². The molecule has 0 spiro atoms. The van der Waals surface area contributed by atoms with E-state index in [2.05, 4.69) is 33.2 Å². The molecule has 2 aromatic rings. The van der Waals surface area contributed by atoms with Crippen LogP contribution in [-0.4, -0.2) is 16.4 Å². The van der Waals surface area contributed by atoms with Crippen LogP contribution in [-0.2, 0) is 17.9 Å². The Kier molecular flexibility index (Phi) is 4.96. The highest BCUT2D eigenvalue weighted by Gasteiger charge is 2.01. The van der Waals surface area contributed by atoms with Gasteiger partial charge in [-0.1, -0.05) is 30.3 Å². The van der Waals surface area contributed by atoms with E-state index in [4.69, 9.17) is 4.74 Å². The Morgan fingerprint density at radius 2 is 2.06 bits per heavy atom. The zero-order chi connectivity index (χ0) is 12.8.